The predicted molar refractivity (Wildman–Crippen MR) is 258 cm³/mol. The van der Waals surface area contributed by atoms with Crippen molar-refractivity contribution in [3.8, 4) is 0 Å². The van der Waals surface area contributed by atoms with Crippen LogP contribution in [0.4, 0.5) is 0 Å². The fourth-order valence-electron chi connectivity index (χ4n) is 6.99. The molecule has 1 aliphatic rings. The number of aliphatic hydroxyl groups is 5. The molecule has 7 atom stereocenters. The van der Waals surface area contributed by atoms with Crippen molar-refractivity contribution in [1.82, 2.24) is 5.32 Å². The van der Waals surface area contributed by atoms with Gasteiger partial charge in [0, 0.05) is 6.42 Å². The molecule has 9 nitrogen and oxygen atoms in total. The van der Waals surface area contributed by atoms with E-state index in [1.54, 1.807) is 6.08 Å². The van der Waals surface area contributed by atoms with E-state index in [1.807, 2.05) is 6.08 Å². The molecule has 6 N–H and O–H groups in total. The van der Waals surface area contributed by atoms with Gasteiger partial charge in [0.25, 0.3) is 0 Å². The van der Waals surface area contributed by atoms with Gasteiger partial charge in [0.1, 0.15) is 24.4 Å². The van der Waals surface area contributed by atoms with Crippen LogP contribution in [0.5, 0.6) is 0 Å². The fraction of sp³-hybridized carbons (Fsp3) is 0.679. The van der Waals surface area contributed by atoms with Gasteiger partial charge in [-0.25, -0.2) is 0 Å². The first kappa shape index (κ1) is 57.1. The Kier molecular flexibility index (Phi) is 38.8. The van der Waals surface area contributed by atoms with Crippen LogP contribution in [0.2, 0.25) is 0 Å². The van der Waals surface area contributed by atoms with Crippen LogP contribution in [0.15, 0.2) is 97.2 Å². The van der Waals surface area contributed by atoms with E-state index in [-0.39, 0.29) is 18.9 Å². The number of hydrogen-bond donors (Lipinski definition) is 6. The van der Waals surface area contributed by atoms with Crippen LogP contribution in [-0.4, -0.2) is 87.5 Å². The van der Waals surface area contributed by atoms with E-state index in [9.17, 15) is 30.3 Å². The molecule has 0 spiro atoms. The van der Waals surface area contributed by atoms with Gasteiger partial charge in [0.15, 0.2) is 6.29 Å². The highest BCUT2D eigenvalue weighted by atomic mass is 16.7. The van der Waals surface area contributed by atoms with Gasteiger partial charge in [-0.15, -0.1) is 0 Å². The summed E-state index contributed by atoms with van der Waals surface area (Å²) in [6.45, 7) is 3.59. The van der Waals surface area contributed by atoms with E-state index < -0.39 is 49.5 Å². The van der Waals surface area contributed by atoms with Crippen LogP contribution in [-0.2, 0) is 14.3 Å². The van der Waals surface area contributed by atoms with E-state index in [2.05, 4.69) is 104 Å². The maximum atomic E-state index is 12.9. The lowest BCUT2D eigenvalue weighted by atomic mass is 9.99. The number of ether oxygens (including phenoxy) is 2. The zero-order valence-electron chi connectivity index (χ0n) is 38.8. The predicted octanol–water partition coefficient (Wildman–Crippen LogP) is 10.9. The van der Waals surface area contributed by atoms with Crippen LogP contribution in [0.1, 0.15) is 174 Å². The van der Waals surface area contributed by atoms with E-state index in [0.717, 1.165) is 64.2 Å². The van der Waals surface area contributed by atoms with E-state index in [4.69, 9.17) is 9.47 Å². The van der Waals surface area contributed by atoms with Crippen molar-refractivity contribution in [2.24, 2.45) is 0 Å². The highest BCUT2D eigenvalue weighted by molar-refractivity contribution is 5.76. The number of rotatable bonds is 39. The number of hydrogen-bond acceptors (Lipinski definition) is 8. The van der Waals surface area contributed by atoms with Gasteiger partial charge in [0.05, 0.1) is 25.4 Å². The third kappa shape index (κ3) is 31.9. The fourth-order valence-corrected chi connectivity index (χ4v) is 6.99. The second-order valence-corrected chi connectivity index (χ2v) is 16.5. The number of carbonyl (C=O) groups is 1. The molecule has 0 aromatic heterocycles. The molecule has 62 heavy (non-hydrogen) atoms. The number of aliphatic hydroxyl groups excluding tert-OH is 5. The normalized spacial score (nSPS) is 21.2. The van der Waals surface area contributed by atoms with Crippen molar-refractivity contribution >= 4 is 5.91 Å². The van der Waals surface area contributed by atoms with Gasteiger partial charge in [-0.1, -0.05) is 182 Å². The molecule has 1 aliphatic heterocycles. The molecule has 0 radical (unpaired) electrons. The number of nitrogens with one attached hydrogen (secondary N) is 1. The van der Waals surface area contributed by atoms with Gasteiger partial charge >= 0.3 is 0 Å². The zero-order chi connectivity index (χ0) is 45.1. The number of amides is 1. The highest BCUT2D eigenvalue weighted by Gasteiger charge is 2.44. The molecule has 1 rings (SSSR count). The van der Waals surface area contributed by atoms with Crippen molar-refractivity contribution < 1.29 is 39.8 Å². The minimum atomic E-state index is -1.59. The van der Waals surface area contributed by atoms with E-state index >= 15 is 0 Å². The largest absolute Gasteiger partial charge is 0.394 e. The Labute approximate surface area is 377 Å². The SMILES string of the molecule is CC/C=C\C/C=C\C/C=C\C/C=C\C/C=C\CCCC(=O)NC(COC1OC(CO)C(O)C(O)C1O)C(O)/C=C/CC/C=C/CC/C=C/CCCCCCCCCCCCCC. The van der Waals surface area contributed by atoms with Crippen molar-refractivity contribution in [1.29, 1.82) is 0 Å². The maximum absolute atomic E-state index is 12.9. The van der Waals surface area contributed by atoms with Gasteiger partial charge in [-0.3, -0.25) is 4.79 Å². The molecule has 7 unspecified atom stereocenters. The summed E-state index contributed by atoms with van der Waals surface area (Å²) in [6.07, 6.45) is 53.2. The third-order valence-corrected chi connectivity index (χ3v) is 10.9. The summed E-state index contributed by atoms with van der Waals surface area (Å²) in [7, 11) is 0. The smallest absolute Gasteiger partial charge is 0.220 e. The Morgan fingerprint density at radius 1 is 0.565 bits per heavy atom. The molecular formula is C53H89NO8. The third-order valence-electron chi connectivity index (χ3n) is 10.9. The first-order chi connectivity index (χ1) is 30.3. The lowest BCUT2D eigenvalue weighted by Crippen LogP contribution is -2.60. The lowest BCUT2D eigenvalue weighted by molar-refractivity contribution is -0.302. The minimum absolute atomic E-state index is 0.235. The summed E-state index contributed by atoms with van der Waals surface area (Å²) < 4.78 is 11.2. The molecule has 0 saturated carbocycles. The summed E-state index contributed by atoms with van der Waals surface area (Å²) in [5, 5.41) is 54.2. The highest BCUT2D eigenvalue weighted by Crippen LogP contribution is 2.22. The molecule has 1 amide bonds. The first-order valence-corrected chi connectivity index (χ1v) is 24.5. The van der Waals surface area contributed by atoms with Gasteiger partial charge in [-0.2, -0.15) is 0 Å². The number of unbranched alkanes of at least 4 members (excludes halogenated alkanes) is 15. The van der Waals surface area contributed by atoms with Crippen LogP contribution < -0.4 is 5.32 Å². The molecular weight excluding hydrogens is 779 g/mol. The monoisotopic (exact) mass is 868 g/mol. The van der Waals surface area contributed by atoms with Crippen molar-refractivity contribution in [2.45, 2.75) is 217 Å². The molecule has 1 fully saturated rings. The summed E-state index contributed by atoms with van der Waals surface area (Å²) in [5.41, 5.74) is 0. The Morgan fingerprint density at radius 2 is 1.02 bits per heavy atom. The summed E-state index contributed by atoms with van der Waals surface area (Å²) >= 11 is 0. The number of allylic oxidation sites excluding steroid dienone is 15. The van der Waals surface area contributed by atoms with Crippen LogP contribution in [0, 0.1) is 0 Å². The standard InChI is InChI=1S/C53H89NO8/c1-3-5-7-9-11-13-15-17-19-21-22-23-24-25-27-28-30-32-34-36-38-40-42-47(56)46(45-61-53-52(60)51(59)50(58)48(44-55)62-53)54-49(57)43-41-39-37-35-33-31-29-26-20-18-16-14-12-10-8-6-4-2/h6,8,12,14,18,20,25,27,29,31-32,34-35,37,40,42,46-48,50-53,55-56,58-60H,3-5,7,9-11,13,15-17,19,21-24,26,28,30,33,36,38-39,41,43-45H2,1-2H3,(H,54,57)/b8-6-,14-12-,20-18-,27-25+,31-29-,34-32+,37-35-,42-40+. The molecule has 1 saturated heterocycles. The summed E-state index contributed by atoms with van der Waals surface area (Å²) in [6, 6.07) is -0.864. The van der Waals surface area contributed by atoms with Crippen molar-refractivity contribution in [3.63, 3.8) is 0 Å². The second kappa shape index (κ2) is 42.1. The Balaban J connectivity index is 2.41. The average Bonchev–Trinajstić information content (AvgIpc) is 3.27. The van der Waals surface area contributed by atoms with Gasteiger partial charge in [0.2, 0.25) is 5.91 Å². The van der Waals surface area contributed by atoms with Crippen molar-refractivity contribution in [3.05, 3.63) is 97.2 Å². The molecule has 0 bridgehead atoms. The molecule has 0 aromatic rings. The molecule has 0 aromatic carbocycles. The minimum Gasteiger partial charge on any atom is -0.394 e. The molecule has 0 aliphatic carbocycles. The quantitative estimate of drug-likeness (QED) is 0.0264. The molecule has 1 heterocycles. The second-order valence-electron chi connectivity index (χ2n) is 16.5. The zero-order valence-corrected chi connectivity index (χ0v) is 38.8. The molecule has 354 valence electrons. The Morgan fingerprint density at radius 3 is 1.55 bits per heavy atom. The summed E-state index contributed by atoms with van der Waals surface area (Å²) in [4.78, 5) is 12.9. The topological polar surface area (TPSA) is 149 Å². The molecule has 9 heteroatoms. The van der Waals surface area contributed by atoms with Crippen LogP contribution in [0.3, 0.4) is 0 Å². The summed E-state index contributed by atoms with van der Waals surface area (Å²) in [5.74, 6) is -0.252. The van der Waals surface area contributed by atoms with Crippen LogP contribution >= 0.6 is 0 Å². The van der Waals surface area contributed by atoms with E-state index in [0.29, 0.717) is 12.8 Å². The van der Waals surface area contributed by atoms with Crippen LogP contribution in [0.25, 0.3) is 0 Å². The Bertz CT molecular complexity index is 1280. The maximum Gasteiger partial charge on any atom is 0.220 e. The average molecular weight is 868 g/mol. The Hall–Kier alpha value is -2.89. The van der Waals surface area contributed by atoms with Gasteiger partial charge < -0.3 is 40.3 Å². The first-order valence-electron chi connectivity index (χ1n) is 24.5. The lowest BCUT2D eigenvalue weighted by Gasteiger charge is -2.40. The van der Waals surface area contributed by atoms with Crippen molar-refractivity contribution in [2.75, 3.05) is 13.2 Å². The van der Waals surface area contributed by atoms with E-state index in [1.165, 1.54) is 77.0 Å². The van der Waals surface area contributed by atoms with Gasteiger partial charge in [-0.05, 0) is 83.5 Å². The number of carbonyl (C=O) groups excluding carboxylic acids is 1.